The van der Waals surface area contributed by atoms with Crippen LogP contribution in [0.2, 0.25) is 0 Å². The number of ether oxygens (including phenoxy) is 1. The van der Waals surface area contributed by atoms with Crippen molar-refractivity contribution in [3.63, 3.8) is 0 Å². The Morgan fingerprint density at radius 3 is 2.44 bits per heavy atom. The van der Waals surface area contributed by atoms with E-state index in [1.54, 1.807) is 13.8 Å². The van der Waals surface area contributed by atoms with Crippen molar-refractivity contribution >= 4 is 27.8 Å². The van der Waals surface area contributed by atoms with Crippen molar-refractivity contribution in [1.82, 2.24) is 15.4 Å². The molecule has 1 aromatic rings. The number of hydrogen-bond acceptors (Lipinski definition) is 6. The largest absolute Gasteiger partial charge is 0.452 e. The molecule has 0 aromatic heterocycles. The zero-order chi connectivity index (χ0) is 19.0. The van der Waals surface area contributed by atoms with Gasteiger partial charge in [-0.2, -0.15) is 0 Å². The first-order chi connectivity index (χ1) is 11.7. The molecule has 0 bridgehead atoms. The molecule has 0 unspecified atom stereocenters. The summed E-state index contributed by atoms with van der Waals surface area (Å²) in [5.41, 5.74) is -0.00858. The van der Waals surface area contributed by atoms with Crippen molar-refractivity contribution in [3.8, 4) is 0 Å². The molecule has 0 spiro atoms. The average molecular weight is 371 g/mol. The van der Waals surface area contributed by atoms with Crippen molar-refractivity contribution < 1.29 is 27.5 Å². The van der Waals surface area contributed by atoms with Crippen LogP contribution in [0, 0.1) is 0 Å². The van der Waals surface area contributed by atoms with Gasteiger partial charge in [0, 0.05) is 13.1 Å². The van der Waals surface area contributed by atoms with Gasteiger partial charge in [-0.05, 0) is 32.0 Å². The summed E-state index contributed by atoms with van der Waals surface area (Å²) in [5.74, 6) is -1.89. The SMILES string of the molecule is CNC(=O)CNC(=O)COC(=O)c1cccc(S(=O)(=O)NC(C)C)c1. The number of rotatable bonds is 8. The minimum absolute atomic E-state index is 0.00858. The van der Waals surface area contributed by atoms with Gasteiger partial charge in [-0.3, -0.25) is 9.59 Å². The molecular formula is C15H21N3O6S. The molecule has 0 fully saturated rings. The van der Waals surface area contributed by atoms with Crippen LogP contribution in [0.5, 0.6) is 0 Å². The maximum absolute atomic E-state index is 12.1. The smallest absolute Gasteiger partial charge is 0.338 e. The van der Waals surface area contributed by atoms with E-state index in [4.69, 9.17) is 4.74 Å². The summed E-state index contributed by atoms with van der Waals surface area (Å²) < 4.78 is 31.4. The van der Waals surface area contributed by atoms with Gasteiger partial charge in [-0.1, -0.05) is 6.07 Å². The molecular weight excluding hydrogens is 350 g/mol. The second kappa shape index (κ2) is 9.14. The van der Waals surface area contributed by atoms with Crippen LogP contribution in [0.3, 0.4) is 0 Å². The zero-order valence-electron chi connectivity index (χ0n) is 14.2. The highest BCUT2D eigenvalue weighted by Gasteiger charge is 2.18. The molecule has 2 amide bonds. The van der Waals surface area contributed by atoms with Crippen LogP contribution < -0.4 is 15.4 Å². The Bertz CT molecular complexity index is 745. The second-order valence-electron chi connectivity index (χ2n) is 5.33. The number of sulfonamides is 1. The number of likely N-dealkylation sites (N-methyl/N-ethyl adjacent to an activating group) is 1. The Morgan fingerprint density at radius 1 is 1.16 bits per heavy atom. The molecule has 0 aliphatic rings. The molecule has 0 saturated heterocycles. The first kappa shape index (κ1) is 20.6. The molecule has 25 heavy (non-hydrogen) atoms. The molecule has 9 nitrogen and oxygen atoms in total. The van der Waals surface area contributed by atoms with E-state index in [-0.39, 0.29) is 23.0 Å². The van der Waals surface area contributed by atoms with E-state index in [9.17, 15) is 22.8 Å². The predicted octanol–water partition coefficient (Wildman–Crippen LogP) is -0.608. The van der Waals surface area contributed by atoms with E-state index in [0.29, 0.717) is 0 Å². The second-order valence-corrected chi connectivity index (χ2v) is 7.04. The van der Waals surface area contributed by atoms with Crippen molar-refractivity contribution in [2.24, 2.45) is 0 Å². The van der Waals surface area contributed by atoms with Gasteiger partial charge in [-0.25, -0.2) is 17.9 Å². The highest BCUT2D eigenvalue weighted by molar-refractivity contribution is 7.89. The molecule has 0 radical (unpaired) electrons. The molecule has 0 aliphatic heterocycles. The lowest BCUT2D eigenvalue weighted by Gasteiger charge is -2.10. The summed E-state index contributed by atoms with van der Waals surface area (Å²) in [6.45, 7) is 2.53. The van der Waals surface area contributed by atoms with Crippen molar-refractivity contribution in [2.45, 2.75) is 24.8 Å². The average Bonchev–Trinajstić information content (AvgIpc) is 2.56. The maximum Gasteiger partial charge on any atom is 0.338 e. The fourth-order valence-corrected chi connectivity index (χ4v) is 3.00. The quantitative estimate of drug-likeness (QED) is 0.523. The number of hydrogen-bond donors (Lipinski definition) is 3. The van der Waals surface area contributed by atoms with Crippen LogP contribution in [0.1, 0.15) is 24.2 Å². The van der Waals surface area contributed by atoms with Gasteiger partial charge in [-0.15, -0.1) is 0 Å². The highest BCUT2D eigenvalue weighted by Crippen LogP contribution is 2.13. The third-order valence-electron chi connectivity index (χ3n) is 2.83. The van der Waals surface area contributed by atoms with Crippen LogP contribution in [0.25, 0.3) is 0 Å². The number of amides is 2. The highest BCUT2D eigenvalue weighted by atomic mass is 32.2. The molecule has 1 rings (SSSR count). The van der Waals surface area contributed by atoms with Crippen molar-refractivity contribution in [3.05, 3.63) is 29.8 Å². The predicted molar refractivity (Wildman–Crippen MR) is 89.3 cm³/mol. The van der Waals surface area contributed by atoms with E-state index in [0.717, 1.165) is 6.07 Å². The summed E-state index contributed by atoms with van der Waals surface area (Å²) in [6, 6.07) is 4.98. The number of benzene rings is 1. The lowest BCUT2D eigenvalue weighted by molar-refractivity contribution is -0.127. The summed E-state index contributed by atoms with van der Waals surface area (Å²) in [5, 5.41) is 4.58. The topological polar surface area (TPSA) is 131 Å². The fourth-order valence-electron chi connectivity index (χ4n) is 1.70. The van der Waals surface area contributed by atoms with E-state index in [1.165, 1.54) is 25.2 Å². The Balaban J connectivity index is 2.69. The Labute approximate surface area is 146 Å². The van der Waals surface area contributed by atoms with E-state index < -0.39 is 34.4 Å². The van der Waals surface area contributed by atoms with Crippen LogP contribution >= 0.6 is 0 Å². The van der Waals surface area contributed by atoms with Gasteiger partial charge >= 0.3 is 5.97 Å². The Morgan fingerprint density at radius 2 is 1.84 bits per heavy atom. The molecule has 138 valence electrons. The van der Waals surface area contributed by atoms with Gasteiger partial charge < -0.3 is 15.4 Å². The Hall–Kier alpha value is -2.46. The zero-order valence-corrected chi connectivity index (χ0v) is 15.0. The molecule has 0 atom stereocenters. The monoisotopic (exact) mass is 371 g/mol. The first-order valence-corrected chi connectivity index (χ1v) is 8.91. The lowest BCUT2D eigenvalue weighted by Crippen LogP contribution is -2.37. The molecule has 10 heteroatoms. The molecule has 3 N–H and O–H groups in total. The summed E-state index contributed by atoms with van der Waals surface area (Å²) in [7, 11) is -2.33. The van der Waals surface area contributed by atoms with Gasteiger partial charge in [0.05, 0.1) is 17.0 Å². The standard InChI is InChI=1S/C15H21N3O6S/c1-10(2)18-25(22,23)12-6-4-5-11(7-12)15(21)24-9-14(20)17-8-13(19)16-3/h4-7,10,18H,8-9H2,1-3H3,(H,16,19)(H,17,20). The minimum atomic E-state index is -3.75. The number of carbonyl (C=O) groups excluding carboxylic acids is 3. The number of nitrogens with one attached hydrogen (secondary N) is 3. The van der Waals surface area contributed by atoms with Gasteiger partial charge in [0.1, 0.15) is 0 Å². The van der Waals surface area contributed by atoms with Crippen molar-refractivity contribution in [1.29, 1.82) is 0 Å². The normalized spacial score (nSPS) is 11.0. The third-order valence-corrected chi connectivity index (χ3v) is 4.49. The van der Waals surface area contributed by atoms with Gasteiger partial charge in [0.25, 0.3) is 5.91 Å². The van der Waals surface area contributed by atoms with E-state index in [1.807, 2.05) is 0 Å². The summed E-state index contributed by atoms with van der Waals surface area (Å²) in [4.78, 5) is 34.3. The first-order valence-electron chi connectivity index (χ1n) is 7.42. The van der Waals surface area contributed by atoms with Crippen LogP contribution in [-0.2, 0) is 24.3 Å². The summed E-state index contributed by atoms with van der Waals surface area (Å²) in [6.07, 6.45) is 0. The van der Waals surface area contributed by atoms with E-state index in [2.05, 4.69) is 15.4 Å². The van der Waals surface area contributed by atoms with Crippen LogP contribution in [-0.4, -0.2) is 52.4 Å². The molecule has 0 aliphatic carbocycles. The maximum atomic E-state index is 12.1. The molecule has 0 saturated carbocycles. The minimum Gasteiger partial charge on any atom is -0.452 e. The lowest BCUT2D eigenvalue weighted by atomic mass is 10.2. The summed E-state index contributed by atoms with van der Waals surface area (Å²) >= 11 is 0. The number of carbonyl (C=O) groups is 3. The van der Waals surface area contributed by atoms with Crippen LogP contribution in [0.15, 0.2) is 29.2 Å². The van der Waals surface area contributed by atoms with Gasteiger partial charge in [0.2, 0.25) is 15.9 Å². The third kappa shape index (κ3) is 6.89. The Kier molecular flexibility index (Phi) is 7.52. The van der Waals surface area contributed by atoms with E-state index >= 15 is 0 Å². The van der Waals surface area contributed by atoms with Gasteiger partial charge in [0.15, 0.2) is 6.61 Å². The molecule has 1 aromatic carbocycles. The fraction of sp³-hybridized carbons (Fsp3) is 0.400. The van der Waals surface area contributed by atoms with Crippen molar-refractivity contribution in [2.75, 3.05) is 20.2 Å². The number of esters is 1. The molecule has 0 heterocycles. The van der Waals surface area contributed by atoms with Crippen LogP contribution in [0.4, 0.5) is 0 Å².